The summed E-state index contributed by atoms with van der Waals surface area (Å²) in [6.45, 7) is 6.92. The van der Waals surface area contributed by atoms with Gasteiger partial charge in [0.1, 0.15) is 0 Å². The molecule has 0 bridgehead atoms. The molecular formula is C20H27N3O3. The molecule has 140 valence electrons. The summed E-state index contributed by atoms with van der Waals surface area (Å²) in [6, 6.07) is 10.2. The van der Waals surface area contributed by atoms with Crippen molar-refractivity contribution in [1.82, 2.24) is 14.7 Å². The van der Waals surface area contributed by atoms with Crippen LogP contribution in [-0.4, -0.2) is 71.7 Å². The third-order valence-electron chi connectivity index (χ3n) is 5.17. The van der Waals surface area contributed by atoms with E-state index in [4.69, 9.17) is 0 Å². The molecule has 3 amide bonds. The molecule has 2 aliphatic heterocycles. The number of likely N-dealkylation sites (tertiary alicyclic amines) is 1. The molecule has 0 atom stereocenters. The summed E-state index contributed by atoms with van der Waals surface area (Å²) >= 11 is 0. The number of amides is 3. The van der Waals surface area contributed by atoms with Crippen molar-refractivity contribution in [3.8, 4) is 0 Å². The fraction of sp³-hybridized carbons (Fsp3) is 0.550. The van der Waals surface area contributed by atoms with E-state index >= 15 is 0 Å². The Hall–Kier alpha value is -2.37. The summed E-state index contributed by atoms with van der Waals surface area (Å²) in [4.78, 5) is 41.8. The molecule has 3 rings (SSSR count). The Labute approximate surface area is 154 Å². The van der Waals surface area contributed by atoms with Crippen LogP contribution in [-0.2, 0) is 20.8 Å². The third kappa shape index (κ3) is 4.06. The molecule has 2 heterocycles. The van der Waals surface area contributed by atoms with Crippen molar-refractivity contribution in [2.75, 3.05) is 39.3 Å². The number of hydrogen-bond donors (Lipinski definition) is 0. The first kappa shape index (κ1) is 18.4. The number of rotatable bonds is 3. The van der Waals surface area contributed by atoms with E-state index in [2.05, 4.69) is 12.1 Å². The van der Waals surface area contributed by atoms with E-state index in [1.165, 1.54) is 5.56 Å². The summed E-state index contributed by atoms with van der Waals surface area (Å²) in [5, 5.41) is 0. The number of hydrogen-bond acceptors (Lipinski definition) is 3. The van der Waals surface area contributed by atoms with E-state index in [1.54, 1.807) is 14.7 Å². The Balaban J connectivity index is 1.43. The van der Waals surface area contributed by atoms with Crippen LogP contribution in [0.4, 0.5) is 0 Å². The normalized spacial score (nSPS) is 18.0. The Morgan fingerprint density at radius 1 is 0.885 bits per heavy atom. The van der Waals surface area contributed by atoms with E-state index in [9.17, 15) is 14.4 Å². The molecule has 1 aromatic rings. The topological polar surface area (TPSA) is 60.9 Å². The van der Waals surface area contributed by atoms with Gasteiger partial charge in [0.2, 0.25) is 5.91 Å². The number of benzene rings is 1. The molecule has 0 unspecified atom stereocenters. The highest BCUT2D eigenvalue weighted by molar-refractivity contribution is 6.35. The maximum absolute atomic E-state index is 12.4. The first-order valence-electron chi connectivity index (χ1n) is 9.36. The van der Waals surface area contributed by atoms with Crippen LogP contribution in [0.3, 0.4) is 0 Å². The summed E-state index contributed by atoms with van der Waals surface area (Å²) in [6.07, 6.45) is 0.939. The SMILES string of the molecule is CC(C)C(=O)N1CCN(C(=O)C(=O)N2CC(Cc3ccccc3)C2)CC1. The lowest BCUT2D eigenvalue weighted by Gasteiger charge is -2.41. The van der Waals surface area contributed by atoms with Crippen LogP contribution in [0.2, 0.25) is 0 Å². The highest BCUT2D eigenvalue weighted by Crippen LogP contribution is 2.21. The molecule has 0 radical (unpaired) electrons. The van der Waals surface area contributed by atoms with E-state index < -0.39 is 11.8 Å². The van der Waals surface area contributed by atoms with E-state index in [0.29, 0.717) is 45.2 Å². The molecule has 0 N–H and O–H groups in total. The Morgan fingerprint density at radius 3 is 2.00 bits per heavy atom. The number of piperazine rings is 1. The first-order valence-corrected chi connectivity index (χ1v) is 9.36. The molecule has 26 heavy (non-hydrogen) atoms. The van der Waals surface area contributed by atoms with Crippen molar-refractivity contribution < 1.29 is 14.4 Å². The average molecular weight is 357 g/mol. The molecule has 0 spiro atoms. The lowest BCUT2D eigenvalue weighted by molar-refractivity contribution is -0.157. The Bertz CT molecular complexity index is 660. The van der Waals surface area contributed by atoms with Gasteiger partial charge in [0.05, 0.1) is 0 Å². The zero-order valence-electron chi connectivity index (χ0n) is 15.6. The van der Waals surface area contributed by atoms with Crippen LogP contribution in [0.5, 0.6) is 0 Å². The molecule has 0 saturated carbocycles. The van der Waals surface area contributed by atoms with Crippen molar-refractivity contribution in [3.05, 3.63) is 35.9 Å². The molecular weight excluding hydrogens is 330 g/mol. The fourth-order valence-electron chi connectivity index (χ4n) is 3.58. The van der Waals surface area contributed by atoms with Crippen molar-refractivity contribution in [1.29, 1.82) is 0 Å². The largest absolute Gasteiger partial charge is 0.339 e. The van der Waals surface area contributed by atoms with Crippen LogP contribution < -0.4 is 0 Å². The van der Waals surface area contributed by atoms with Gasteiger partial charge in [-0.05, 0) is 17.9 Å². The average Bonchev–Trinajstić information content (AvgIpc) is 2.63. The summed E-state index contributed by atoms with van der Waals surface area (Å²) in [5.41, 5.74) is 1.27. The van der Waals surface area contributed by atoms with Gasteiger partial charge in [-0.15, -0.1) is 0 Å². The maximum atomic E-state index is 12.4. The molecule has 2 aliphatic rings. The van der Waals surface area contributed by atoms with Crippen LogP contribution in [0.15, 0.2) is 30.3 Å². The molecule has 1 aromatic carbocycles. The molecule has 2 fully saturated rings. The van der Waals surface area contributed by atoms with E-state index in [0.717, 1.165) is 6.42 Å². The second-order valence-electron chi connectivity index (χ2n) is 7.54. The van der Waals surface area contributed by atoms with Crippen LogP contribution in [0, 0.1) is 11.8 Å². The minimum absolute atomic E-state index is 0.0403. The van der Waals surface area contributed by atoms with Gasteiger partial charge < -0.3 is 14.7 Å². The predicted octanol–water partition coefficient (Wildman–Crippen LogP) is 1.01. The Morgan fingerprint density at radius 2 is 1.42 bits per heavy atom. The molecule has 0 aromatic heterocycles. The van der Waals surface area contributed by atoms with Gasteiger partial charge >= 0.3 is 11.8 Å². The number of carbonyl (C=O) groups excluding carboxylic acids is 3. The Kier molecular flexibility index (Phi) is 5.59. The predicted molar refractivity (Wildman–Crippen MR) is 98.2 cm³/mol. The standard InChI is InChI=1S/C20H27N3O3/c1-15(2)18(24)21-8-10-22(11-9-21)19(25)20(26)23-13-17(14-23)12-16-6-4-3-5-7-16/h3-7,15,17H,8-14H2,1-2H3. The van der Waals surface area contributed by atoms with Gasteiger partial charge in [0.15, 0.2) is 0 Å². The quantitative estimate of drug-likeness (QED) is 0.759. The zero-order chi connectivity index (χ0) is 18.7. The van der Waals surface area contributed by atoms with E-state index in [1.807, 2.05) is 32.0 Å². The fourth-order valence-corrected chi connectivity index (χ4v) is 3.58. The van der Waals surface area contributed by atoms with Gasteiger partial charge in [-0.3, -0.25) is 14.4 Å². The smallest absolute Gasteiger partial charge is 0.312 e. The first-order chi connectivity index (χ1) is 12.5. The minimum Gasteiger partial charge on any atom is -0.339 e. The van der Waals surface area contributed by atoms with Crippen molar-refractivity contribution in [2.24, 2.45) is 11.8 Å². The van der Waals surface area contributed by atoms with Crippen LogP contribution in [0.1, 0.15) is 19.4 Å². The maximum Gasteiger partial charge on any atom is 0.312 e. The van der Waals surface area contributed by atoms with Gasteiger partial charge in [0.25, 0.3) is 0 Å². The highest BCUT2D eigenvalue weighted by Gasteiger charge is 2.37. The molecule has 6 heteroatoms. The molecule has 2 saturated heterocycles. The van der Waals surface area contributed by atoms with Gasteiger partial charge in [-0.25, -0.2) is 0 Å². The second kappa shape index (κ2) is 7.89. The zero-order valence-corrected chi connectivity index (χ0v) is 15.6. The summed E-state index contributed by atoms with van der Waals surface area (Å²) < 4.78 is 0. The van der Waals surface area contributed by atoms with Crippen molar-refractivity contribution >= 4 is 17.7 Å². The van der Waals surface area contributed by atoms with E-state index in [-0.39, 0.29) is 11.8 Å². The number of nitrogens with zero attached hydrogens (tertiary/aromatic N) is 3. The minimum atomic E-state index is -0.431. The van der Waals surface area contributed by atoms with Crippen LogP contribution in [0.25, 0.3) is 0 Å². The van der Waals surface area contributed by atoms with Crippen molar-refractivity contribution in [3.63, 3.8) is 0 Å². The summed E-state index contributed by atoms with van der Waals surface area (Å²) in [7, 11) is 0. The third-order valence-corrected chi connectivity index (χ3v) is 5.17. The molecule has 6 nitrogen and oxygen atoms in total. The molecule has 0 aliphatic carbocycles. The van der Waals surface area contributed by atoms with Crippen molar-refractivity contribution in [2.45, 2.75) is 20.3 Å². The highest BCUT2D eigenvalue weighted by atomic mass is 16.2. The monoisotopic (exact) mass is 357 g/mol. The summed E-state index contributed by atoms with van der Waals surface area (Å²) in [5.74, 6) is -0.344. The van der Waals surface area contributed by atoms with Gasteiger partial charge in [0, 0.05) is 45.2 Å². The second-order valence-corrected chi connectivity index (χ2v) is 7.54. The lowest BCUT2D eigenvalue weighted by Crippen LogP contribution is -2.58. The lowest BCUT2D eigenvalue weighted by atomic mass is 9.92. The van der Waals surface area contributed by atoms with Gasteiger partial charge in [-0.2, -0.15) is 0 Å². The van der Waals surface area contributed by atoms with Gasteiger partial charge in [-0.1, -0.05) is 44.2 Å². The van der Waals surface area contributed by atoms with Crippen LogP contribution >= 0.6 is 0 Å². The number of carbonyl (C=O) groups is 3.